The van der Waals surface area contributed by atoms with Crippen LogP contribution >= 0.6 is 0 Å². The summed E-state index contributed by atoms with van der Waals surface area (Å²) in [5.41, 5.74) is 8.20. The van der Waals surface area contributed by atoms with Crippen molar-refractivity contribution in [2.24, 2.45) is 5.73 Å². The van der Waals surface area contributed by atoms with Crippen LogP contribution in [0.3, 0.4) is 0 Å². The molecule has 1 atom stereocenters. The van der Waals surface area contributed by atoms with Crippen LogP contribution in [0.2, 0.25) is 0 Å². The Hall–Kier alpha value is -3.53. The lowest BCUT2D eigenvalue weighted by Gasteiger charge is -2.21. The molecule has 0 fully saturated rings. The van der Waals surface area contributed by atoms with Crippen molar-refractivity contribution in [1.82, 2.24) is 15.2 Å². The van der Waals surface area contributed by atoms with E-state index in [9.17, 15) is 5.26 Å². The van der Waals surface area contributed by atoms with Crippen LogP contribution in [0.1, 0.15) is 17.2 Å². The Labute approximate surface area is 131 Å². The minimum atomic E-state index is -0.491. The van der Waals surface area contributed by atoms with Crippen molar-refractivity contribution < 1.29 is 9.15 Å². The number of nitrogens with two attached hydrogens (primary N) is 1. The number of nitriles is 1. The van der Waals surface area contributed by atoms with Crippen molar-refractivity contribution in [3.63, 3.8) is 0 Å². The highest BCUT2D eigenvalue weighted by atomic mass is 16.5. The van der Waals surface area contributed by atoms with Crippen molar-refractivity contribution >= 4 is 0 Å². The standard InChI is InChI=1S/C16H11N5O2/c17-8-9-12(11-5-3-7-22-11)13-14(10-4-1-2-6-19-10)20-21-16(13)23-15(9)18/h1-7,12H,18H2,(H,20,21). The second kappa shape index (κ2) is 5.03. The highest BCUT2D eigenvalue weighted by Gasteiger charge is 2.37. The van der Waals surface area contributed by atoms with Gasteiger partial charge in [0, 0.05) is 6.20 Å². The zero-order valence-electron chi connectivity index (χ0n) is 11.9. The molecule has 7 heteroatoms. The van der Waals surface area contributed by atoms with E-state index in [2.05, 4.69) is 21.3 Å². The summed E-state index contributed by atoms with van der Waals surface area (Å²) < 4.78 is 11.0. The maximum Gasteiger partial charge on any atom is 0.244 e. The minimum Gasteiger partial charge on any atom is -0.468 e. The molecule has 0 saturated carbocycles. The number of hydrogen-bond donors (Lipinski definition) is 2. The van der Waals surface area contributed by atoms with E-state index in [0.29, 0.717) is 28.6 Å². The molecule has 1 aliphatic heterocycles. The molecule has 112 valence electrons. The molecule has 7 nitrogen and oxygen atoms in total. The molecule has 4 heterocycles. The molecule has 0 bridgehead atoms. The molecule has 0 aliphatic carbocycles. The topological polar surface area (TPSA) is 114 Å². The summed E-state index contributed by atoms with van der Waals surface area (Å²) in [6.07, 6.45) is 3.24. The summed E-state index contributed by atoms with van der Waals surface area (Å²) in [5, 5.41) is 16.6. The molecule has 3 aromatic rings. The number of H-pyrrole nitrogens is 1. The Kier molecular flexibility index (Phi) is 2.88. The van der Waals surface area contributed by atoms with Gasteiger partial charge in [-0.15, -0.1) is 5.10 Å². The quantitative estimate of drug-likeness (QED) is 0.750. The van der Waals surface area contributed by atoms with Gasteiger partial charge in [-0.1, -0.05) is 6.07 Å². The van der Waals surface area contributed by atoms with Crippen molar-refractivity contribution in [3.05, 3.63) is 65.6 Å². The van der Waals surface area contributed by atoms with Gasteiger partial charge in [-0.3, -0.25) is 10.1 Å². The van der Waals surface area contributed by atoms with Gasteiger partial charge in [0.2, 0.25) is 11.8 Å². The molecule has 1 aliphatic rings. The second-order valence-corrected chi connectivity index (χ2v) is 4.97. The average Bonchev–Trinajstić information content (AvgIpc) is 3.24. The fourth-order valence-corrected chi connectivity index (χ4v) is 2.69. The van der Waals surface area contributed by atoms with Crippen molar-refractivity contribution in [1.29, 1.82) is 5.26 Å². The smallest absolute Gasteiger partial charge is 0.244 e. The first-order valence-electron chi connectivity index (χ1n) is 6.90. The van der Waals surface area contributed by atoms with Gasteiger partial charge in [0.15, 0.2) is 0 Å². The van der Waals surface area contributed by atoms with Gasteiger partial charge in [0.25, 0.3) is 0 Å². The lowest BCUT2D eigenvalue weighted by molar-refractivity contribution is 0.371. The van der Waals surface area contributed by atoms with E-state index in [1.54, 1.807) is 24.6 Å². The first-order chi connectivity index (χ1) is 11.3. The average molecular weight is 305 g/mol. The maximum absolute atomic E-state index is 9.50. The van der Waals surface area contributed by atoms with E-state index < -0.39 is 5.92 Å². The number of nitrogens with zero attached hydrogens (tertiary/aromatic N) is 3. The minimum absolute atomic E-state index is 0.0282. The largest absolute Gasteiger partial charge is 0.468 e. The predicted molar refractivity (Wildman–Crippen MR) is 79.8 cm³/mol. The number of ether oxygens (including phenoxy) is 1. The molecule has 0 aromatic carbocycles. The first-order valence-corrected chi connectivity index (χ1v) is 6.90. The third-order valence-electron chi connectivity index (χ3n) is 3.69. The monoisotopic (exact) mass is 305 g/mol. The first kappa shape index (κ1) is 13.2. The maximum atomic E-state index is 9.50. The van der Waals surface area contributed by atoms with Crippen LogP contribution in [0, 0.1) is 11.3 Å². The van der Waals surface area contributed by atoms with Gasteiger partial charge in [-0.25, -0.2) is 0 Å². The Morgan fingerprint density at radius 1 is 1.26 bits per heavy atom. The summed E-state index contributed by atoms with van der Waals surface area (Å²) in [4.78, 5) is 4.33. The fourth-order valence-electron chi connectivity index (χ4n) is 2.69. The van der Waals surface area contributed by atoms with Gasteiger partial charge < -0.3 is 14.9 Å². The summed E-state index contributed by atoms with van der Waals surface area (Å²) >= 11 is 0. The number of allylic oxidation sites excluding steroid dienone is 1. The summed E-state index contributed by atoms with van der Waals surface area (Å²) in [6, 6.07) is 11.2. The Bertz CT molecular complexity index is 919. The molecular weight excluding hydrogens is 294 g/mol. The van der Waals surface area contributed by atoms with Gasteiger partial charge >= 0.3 is 0 Å². The van der Waals surface area contributed by atoms with E-state index in [1.165, 1.54) is 0 Å². The Balaban J connectivity index is 1.96. The highest BCUT2D eigenvalue weighted by molar-refractivity contribution is 5.67. The van der Waals surface area contributed by atoms with Crippen LogP contribution in [0.25, 0.3) is 11.4 Å². The SMILES string of the molecule is N#CC1=C(N)Oc2n[nH]c(-c3ccccn3)c2C1c1ccco1. The van der Waals surface area contributed by atoms with Crippen LogP contribution in [0.4, 0.5) is 0 Å². The van der Waals surface area contributed by atoms with Gasteiger partial charge in [-0.05, 0) is 24.3 Å². The van der Waals surface area contributed by atoms with Gasteiger partial charge in [0.05, 0.1) is 29.1 Å². The number of hydrogen-bond acceptors (Lipinski definition) is 6. The van der Waals surface area contributed by atoms with Gasteiger partial charge in [0.1, 0.15) is 17.4 Å². The van der Waals surface area contributed by atoms with Crippen molar-refractivity contribution in [3.8, 4) is 23.3 Å². The molecule has 1 unspecified atom stereocenters. The fraction of sp³-hybridized carbons (Fsp3) is 0.0625. The lowest BCUT2D eigenvalue weighted by Crippen LogP contribution is -2.20. The number of nitrogens with one attached hydrogen (secondary N) is 1. The van der Waals surface area contributed by atoms with E-state index in [-0.39, 0.29) is 11.5 Å². The third-order valence-corrected chi connectivity index (χ3v) is 3.69. The zero-order chi connectivity index (χ0) is 15.8. The number of furan rings is 1. The summed E-state index contributed by atoms with van der Waals surface area (Å²) in [6.45, 7) is 0. The van der Waals surface area contributed by atoms with E-state index >= 15 is 0 Å². The highest BCUT2D eigenvalue weighted by Crippen LogP contribution is 2.45. The number of aromatic amines is 1. The van der Waals surface area contributed by atoms with Crippen LogP contribution < -0.4 is 10.5 Å². The van der Waals surface area contributed by atoms with E-state index in [0.717, 1.165) is 0 Å². The number of aromatic nitrogens is 3. The van der Waals surface area contributed by atoms with Crippen LogP contribution in [0.5, 0.6) is 5.88 Å². The molecule has 23 heavy (non-hydrogen) atoms. The molecule has 0 saturated heterocycles. The summed E-state index contributed by atoms with van der Waals surface area (Å²) in [7, 11) is 0. The van der Waals surface area contributed by atoms with Gasteiger partial charge in [-0.2, -0.15) is 5.26 Å². The molecule has 4 rings (SSSR count). The Morgan fingerprint density at radius 3 is 2.87 bits per heavy atom. The molecule has 0 spiro atoms. The van der Waals surface area contributed by atoms with Crippen LogP contribution in [0.15, 0.2) is 58.7 Å². The third kappa shape index (κ3) is 1.97. The molecular formula is C16H11N5O2. The van der Waals surface area contributed by atoms with Crippen LogP contribution in [-0.2, 0) is 0 Å². The molecule has 0 amide bonds. The second-order valence-electron chi connectivity index (χ2n) is 4.97. The molecule has 0 radical (unpaired) electrons. The zero-order valence-corrected chi connectivity index (χ0v) is 11.9. The van der Waals surface area contributed by atoms with Crippen LogP contribution in [-0.4, -0.2) is 15.2 Å². The molecule has 3 aromatic heterocycles. The van der Waals surface area contributed by atoms with E-state index in [1.807, 2.05) is 18.2 Å². The van der Waals surface area contributed by atoms with E-state index in [4.69, 9.17) is 14.9 Å². The van der Waals surface area contributed by atoms with Crippen molar-refractivity contribution in [2.75, 3.05) is 0 Å². The Morgan fingerprint density at radius 2 is 2.17 bits per heavy atom. The number of pyridine rings is 1. The lowest BCUT2D eigenvalue weighted by atomic mass is 9.87. The molecule has 3 N–H and O–H groups in total. The predicted octanol–water partition coefficient (Wildman–Crippen LogP) is 2.28. The number of rotatable bonds is 2. The normalized spacial score (nSPS) is 16.6. The summed E-state index contributed by atoms with van der Waals surface area (Å²) in [5.74, 6) is 0.450. The number of fused-ring (bicyclic) bond motifs is 1. The van der Waals surface area contributed by atoms with Crippen molar-refractivity contribution in [2.45, 2.75) is 5.92 Å².